The lowest BCUT2D eigenvalue weighted by Gasteiger charge is -2.13. The van der Waals surface area contributed by atoms with E-state index in [9.17, 15) is 0 Å². The Hall–Kier alpha value is -0.0800. The summed E-state index contributed by atoms with van der Waals surface area (Å²) in [6.07, 6.45) is 5.57. The molecule has 1 heterocycles. The zero-order valence-corrected chi connectivity index (χ0v) is 9.08. The van der Waals surface area contributed by atoms with Crippen molar-refractivity contribution in [2.24, 2.45) is 5.92 Å². The van der Waals surface area contributed by atoms with E-state index in [4.69, 9.17) is 9.47 Å². The van der Waals surface area contributed by atoms with Gasteiger partial charge >= 0.3 is 0 Å². The van der Waals surface area contributed by atoms with Crippen LogP contribution in [0, 0.1) is 5.92 Å². The smallest absolute Gasteiger partial charge is 0.184 e. The van der Waals surface area contributed by atoms with Gasteiger partial charge in [-0.3, -0.25) is 0 Å². The van der Waals surface area contributed by atoms with Gasteiger partial charge in [0.1, 0.15) is 6.10 Å². The van der Waals surface area contributed by atoms with Gasteiger partial charge in [0.15, 0.2) is 6.29 Å². The van der Waals surface area contributed by atoms with Crippen molar-refractivity contribution in [3.8, 4) is 0 Å². The lowest BCUT2D eigenvalue weighted by Crippen LogP contribution is -2.11. The van der Waals surface area contributed by atoms with Crippen LogP contribution in [0.5, 0.6) is 0 Å². The van der Waals surface area contributed by atoms with Crippen molar-refractivity contribution in [1.82, 2.24) is 0 Å². The molecule has 0 aromatic carbocycles. The van der Waals surface area contributed by atoms with Crippen LogP contribution in [0.2, 0.25) is 0 Å². The second kappa shape index (κ2) is 5.61. The van der Waals surface area contributed by atoms with Crippen molar-refractivity contribution in [2.75, 3.05) is 6.61 Å². The van der Waals surface area contributed by atoms with E-state index >= 15 is 0 Å². The first kappa shape index (κ1) is 11.0. The number of ether oxygens (including phenoxy) is 2. The molecule has 1 aliphatic rings. The molecule has 1 rings (SSSR count). The largest absolute Gasteiger partial charge is 0.350 e. The van der Waals surface area contributed by atoms with Crippen molar-refractivity contribution >= 4 is 0 Å². The van der Waals surface area contributed by atoms with E-state index in [1.54, 1.807) is 0 Å². The minimum absolute atomic E-state index is 0.107. The maximum absolute atomic E-state index is 5.59. The van der Waals surface area contributed by atoms with Crippen molar-refractivity contribution in [3.05, 3.63) is 0 Å². The van der Waals surface area contributed by atoms with Crippen LogP contribution in [0.15, 0.2) is 0 Å². The fourth-order valence-corrected chi connectivity index (χ4v) is 1.47. The number of unbranched alkanes of at least 4 members (excludes halogenated alkanes) is 1. The van der Waals surface area contributed by atoms with Crippen molar-refractivity contribution < 1.29 is 9.47 Å². The van der Waals surface area contributed by atoms with E-state index in [1.807, 2.05) is 0 Å². The molecule has 0 radical (unpaired) electrons. The average Bonchev–Trinajstić information content (AvgIpc) is 2.83. The number of hydrogen-bond acceptors (Lipinski definition) is 2. The van der Waals surface area contributed by atoms with Gasteiger partial charge in [0.25, 0.3) is 0 Å². The lowest BCUT2D eigenvalue weighted by molar-refractivity contribution is 0.0247. The summed E-state index contributed by atoms with van der Waals surface area (Å²) in [5.41, 5.74) is 0. The van der Waals surface area contributed by atoms with E-state index in [2.05, 4.69) is 20.8 Å². The molecule has 0 spiro atoms. The van der Waals surface area contributed by atoms with E-state index in [0.29, 0.717) is 6.10 Å². The summed E-state index contributed by atoms with van der Waals surface area (Å²) >= 11 is 0. The predicted molar refractivity (Wildman–Crippen MR) is 53.6 cm³/mol. The summed E-state index contributed by atoms with van der Waals surface area (Å²) in [6, 6.07) is 0. The number of epoxide rings is 1. The number of hydrogen-bond donors (Lipinski definition) is 0. The van der Waals surface area contributed by atoms with Crippen LogP contribution < -0.4 is 0 Å². The Morgan fingerprint density at radius 1 is 1.38 bits per heavy atom. The fourth-order valence-electron chi connectivity index (χ4n) is 1.47. The molecule has 0 bridgehead atoms. The standard InChI is InChI=1S/C11H22O2/c1-4-6-7-10(5-2)8-12-11-9(3)13-11/h9-11H,4-8H2,1-3H3. The molecule has 2 heteroatoms. The highest BCUT2D eigenvalue weighted by atomic mass is 16.8. The van der Waals surface area contributed by atoms with Crippen LogP contribution in [-0.4, -0.2) is 19.0 Å². The van der Waals surface area contributed by atoms with Gasteiger partial charge in [-0.25, -0.2) is 0 Å². The predicted octanol–water partition coefficient (Wildman–Crippen LogP) is 2.96. The molecule has 3 atom stereocenters. The van der Waals surface area contributed by atoms with E-state index in [1.165, 1.54) is 25.7 Å². The van der Waals surface area contributed by atoms with Crippen LogP contribution in [0.1, 0.15) is 46.5 Å². The molecule has 2 nitrogen and oxygen atoms in total. The Bertz CT molecular complexity index is 136. The van der Waals surface area contributed by atoms with Crippen LogP contribution in [0.3, 0.4) is 0 Å². The second-order valence-corrected chi connectivity index (χ2v) is 3.96. The lowest BCUT2D eigenvalue weighted by atomic mass is 10.0. The summed E-state index contributed by atoms with van der Waals surface area (Å²) in [7, 11) is 0. The summed E-state index contributed by atoms with van der Waals surface area (Å²) in [5, 5.41) is 0. The first-order chi connectivity index (χ1) is 6.27. The van der Waals surface area contributed by atoms with Crippen molar-refractivity contribution in [1.29, 1.82) is 0 Å². The van der Waals surface area contributed by atoms with Crippen LogP contribution in [0.4, 0.5) is 0 Å². The molecular formula is C11H22O2. The van der Waals surface area contributed by atoms with Gasteiger partial charge in [-0.15, -0.1) is 0 Å². The Kier molecular flexibility index (Phi) is 4.74. The summed E-state index contributed by atoms with van der Waals surface area (Å²) in [6.45, 7) is 7.41. The molecule has 1 fully saturated rings. The number of rotatable bonds is 7. The maximum atomic E-state index is 5.59. The Morgan fingerprint density at radius 2 is 2.08 bits per heavy atom. The first-order valence-electron chi connectivity index (χ1n) is 5.55. The average molecular weight is 186 g/mol. The Labute approximate surface area is 81.6 Å². The van der Waals surface area contributed by atoms with Gasteiger partial charge in [0.05, 0.1) is 6.61 Å². The van der Waals surface area contributed by atoms with E-state index in [0.717, 1.165) is 12.5 Å². The first-order valence-corrected chi connectivity index (χ1v) is 5.55. The maximum Gasteiger partial charge on any atom is 0.184 e. The molecule has 0 aromatic rings. The van der Waals surface area contributed by atoms with Gasteiger partial charge in [-0.2, -0.15) is 0 Å². The quantitative estimate of drug-likeness (QED) is 0.570. The summed E-state index contributed by atoms with van der Waals surface area (Å²) < 4.78 is 10.8. The van der Waals surface area contributed by atoms with Crippen LogP contribution in [-0.2, 0) is 9.47 Å². The van der Waals surface area contributed by atoms with Gasteiger partial charge in [0, 0.05) is 0 Å². The normalized spacial score (nSPS) is 28.8. The van der Waals surface area contributed by atoms with Gasteiger partial charge in [-0.05, 0) is 19.3 Å². The van der Waals surface area contributed by atoms with E-state index < -0.39 is 0 Å². The molecule has 0 saturated carbocycles. The molecule has 0 amide bonds. The van der Waals surface area contributed by atoms with Crippen LogP contribution in [0.25, 0.3) is 0 Å². The summed E-state index contributed by atoms with van der Waals surface area (Å²) in [5.74, 6) is 0.733. The highest BCUT2D eigenvalue weighted by molar-refractivity contribution is 4.71. The zero-order valence-electron chi connectivity index (χ0n) is 9.08. The SMILES string of the molecule is CCCCC(CC)COC1OC1C. The van der Waals surface area contributed by atoms with Crippen molar-refractivity contribution in [3.63, 3.8) is 0 Å². The minimum Gasteiger partial charge on any atom is -0.350 e. The third kappa shape index (κ3) is 4.10. The third-order valence-corrected chi connectivity index (χ3v) is 2.69. The Morgan fingerprint density at radius 3 is 2.54 bits per heavy atom. The minimum atomic E-state index is 0.107. The van der Waals surface area contributed by atoms with Gasteiger partial charge in [-0.1, -0.05) is 33.1 Å². The molecule has 3 unspecified atom stereocenters. The molecule has 1 aliphatic heterocycles. The molecule has 0 N–H and O–H groups in total. The Balaban J connectivity index is 2.01. The van der Waals surface area contributed by atoms with Gasteiger partial charge in [0.2, 0.25) is 0 Å². The molecule has 78 valence electrons. The highest BCUT2D eigenvalue weighted by Gasteiger charge is 2.35. The van der Waals surface area contributed by atoms with Crippen molar-refractivity contribution in [2.45, 2.75) is 58.8 Å². The third-order valence-electron chi connectivity index (χ3n) is 2.69. The topological polar surface area (TPSA) is 21.8 Å². The van der Waals surface area contributed by atoms with E-state index in [-0.39, 0.29) is 6.29 Å². The fraction of sp³-hybridized carbons (Fsp3) is 1.00. The second-order valence-electron chi connectivity index (χ2n) is 3.96. The monoisotopic (exact) mass is 186 g/mol. The van der Waals surface area contributed by atoms with Crippen LogP contribution >= 0.6 is 0 Å². The molecule has 13 heavy (non-hydrogen) atoms. The molecule has 0 aromatic heterocycles. The molecule has 0 aliphatic carbocycles. The zero-order chi connectivity index (χ0) is 9.68. The highest BCUT2D eigenvalue weighted by Crippen LogP contribution is 2.24. The van der Waals surface area contributed by atoms with Gasteiger partial charge < -0.3 is 9.47 Å². The molecule has 1 saturated heterocycles. The molecular weight excluding hydrogens is 164 g/mol. The summed E-state index contributed by atoms with van der Waals surface area (Å²) in [4.78, 5) is 0.